The standard InChI is InChI=1S/C19H15ClN4O2/c20-18-15(11-21-24-19(18)25)23-22-14-10-17(12-6-2-1-3-7-12)26-16-9-5-4-8-13(14)16/h1-9,11,17H,10H2,(H2,23,24,25)/b22-14-/t17-/m0/s1. The molecule has 0 spiro atoms. The maximum absolute atomic E-state index is 11.6. The van der Waals surface area contributed by atoms with E-state index >= 15 is 0 Å². The first-order valence-electron chi connectivity index (χ1n) is 8.09. The lowest BCUT2D eigenvalue weighted by Gasteiger charge is -2.27. The van der Waals surface area contributed by atoms with Gasteiger partial charge in [0.2, 0.25) is 0 Å². The number of hydrogen-bond donors (Lipinski definition) is 2. The molecule has 0 saturated heterocycles. The molecule has 1 atom stereocenters. The lowest BCUT2D eigenvalue weighted by molar-refractivity contribution is 0.206. The number of benzene rings is 2. The van der Waals surface area contributed by atoms with Crippen molar-refractivity contribution in [3.63, 3.8) is 0 Å². The summed E-state index contributed by atoms with van der Waals surface area (Å²) in [5.74, 6) is 0.767. The number of rotatable bonds is 3. The molecule has 6 nitrogen and oxygen atoms in total. The van der Waals surface area contributed by atoms with Crippen LogP contribution in [0.3, 0.4) is 0 Å². The van der Waals surface area contributed by atoms with Crippen molar-refractivity contribution in [1.29, 1.82) is 0 Å². The minimum atomic E-state index is -0.466. The van der Waals surface area contributed by atoms with Crippen molar-refractivity contribution in [3.05, 3.63) is 87.3 Å². The second-order valence-corrected chi connectivity index (χ2v) is 6.19. The summed E-state index contributed by atoms with van der Waals surface area (Å²) in [5, 5.41) is 10.5. The predicted octanol–water partition coefficient (Wildman–Crippen LogP) is 3.76. The van der Waals surface area contributed by atoms with Crippen LogP contribution in [0.2, 0.25) is 5.02 Å². The number of hydrazone groups is 1. The van der Waals surface area contributed by atoms with Crippen LogP contribution >= 0.6 is 11.6 Å². The van der Waals surface area contributed by atoms with Crippen LogP contribution in [0.1, 0.15) is 23.7 Å². The Bertz CT molecular complexity index is 1020. The molecule has 26 heavy (non-hydrogen) atoms. The van der Waals surface area contributed by atoms with Gasteiger partial charge in [-0.05, 0) is 17.7 Å². The van der Waals surface area contributed by atoms with Crippen LogP contribution in [0, 0.1) is 0 Å². The first-order valence-corrected chi connectivity index (χ1v) is 8.47. The van der Waals surface area contributed by atoms with Gasteiger partial charge in [-0.2, -0.15) is 10.2 Å². The van der Waals surface area contributed by atoms with E-state index in [1.165, 1.54) is 6.20 Å². The molecular formula is C19H15ClN4O2. The van der Waals surface area contributed by atoms with Gasteiger partial charge in [-0.1, -0.05) is 54.1 Å². The van der Waals surface area contributed by atoms with Gasteiger partial charge in [0.1, 0.15) is 22.6 Å². The Morgan fingerprint density at radius 2 is 1.92 bits per heavy atom. The Morgan fingerprint density at radius 1 is 1.15 bits per heavy atom. The Kier molecular flexibility index (Phi) is 4.41. The molecule has 0 unspecified atom stereocenters. The van der Waals surface area contributed by atoms with Crippen molar-refractivity contribution >= 4 is 23.0 Å². The average molecular weight is 367 g/mol. The van der Waals surface area contributed by atoms with Crippen LogP contribution in [0.5, 0.6) is 5.75 Å². The van der Waals surface area contributed by atoms with E-state index in [2.05, 4.69) is 20.7 Å². The molecule has 1 aliphatic heterocycles. The third-order valence-electron chi connectivity index (χ3n) is 4.12. The number of fused-ring (bicyclic) bond motifs is 1. The molecule has 0 saturated carbocycles. The van der Waals surface area contributed by atoms with Crippen LogP contribution < -0.4 is 15.7 Å². The second kappa shape index (κ2) is 7.01. The number of H-pyrrole nitrogens is 1. The number of nitrogens with zero attached hydrogens (tertiary/aromatic N) is 2. The van der Waals surface area contributed by atoms with Gasteiger partial charge in [0.15, 0.2) is 0 Å². The van der Waals surface area contributed by atoms with Gasteiger partial charge in [-0.15, -0.1) is 0 Å². The lowest BCUT2D eigenvalue weighted by atomic mass is 9.96. The smallest absolute Gasteiger partial charge is 0.285 e. The van der Waals surface area contributed by atoms with Crippen molar-refractivity contribution < 1.29 is 4.74 Å². The first-order chi connectivity index (χ1) is 12.7. The summed E-state index contributed by atoms with van der Waals surface area (Å²) >= 11 is 6.00. The Labute approximate surface area is 154 Å². The highest BCUT2D eigenvalue weighted by Gasteiger charge is 2.26. The zero-order valence-corrected chi connectivity index (χ0v) is 14.4. The van der Waals surface area contributed by atoms with Crippen LogP contribution in [0.4, 0.5) is 5.69 Å². The molecule has 0 bridgehead atoms. The third kappa shape index (κ3) is 3.19. The van der Waals surface area contributed by atoms with Gasteiger partial charge in [-0.3, -0.25) is 10.2 Å². The van der Waals surface area contributed by atoms with Crippen LogP contribution in [0.15, 0.2) is 70.7 Å². The molecule has 0 aliphatic carbocycles. The number of hydrogen-bond acceptors (Lipinski definition) is 5. The molecule has 2 heterocycles. The highest BCUT2D eigenvalue weighted by molar-refractivity contribution is 6.32. The fourth-order valence-corrected chi connectivity index (χ4v) is 2.97. The molecule has 130 valence electrons. The van der Waals surface area contributed by atoms with Crippen LogP contribution in [-0.4, -0.2) is 15.9 Å². The maximum Gasteiger partial charge on any atom is 0.285 e. The topological polar surface area (TPSA) is 79.4 Å². The fourth-order valence-electron chi connectivity index (χ4n) is 2.84. The number of aromatic nitrogens is 2. The summed E-state index contributed by atoms with van der Waals surface area (Å²) in [6.07, 6.45) is 1.87. The summed E-state index contributed by atoms with van der Waals surface area (Å²) in [7, 11) is 0. The number of aromatic amines is 1. The Morgan fingerprint density at radius 3 is 2.77 bits per heavy atom. The van der Waals surface area contributed by atoms with Gasteiger partial charge >= 0.3 is 0 Å². The summed E-state index contributed by atoms with van der Waals surface area (Å²) in [4.78, 5) is 11.6. The Hall–Kier alpha value is -3.12. The van der Waals surface area contributed by atoms with Crippen molar-refractivity contribution in [2.75, 3.05) is 5.43 Å². The van der Waals surface area contributed by atoms with Gasteiger partial charge < -0.3 is 4.74 Å². The van der Waals surface area contributed by atoms with Gasteiger partial charge in [0.25, 0.3) is 5.56 Å². The molecule has 1 aromatic heterocycles. The van der Waals surface area contributed by atoms with Gasteiger partial charge in [0.05, 0.1) is 11.9 Å². The molecular weight excluding hydrogens is 352 g/mol. The van der Waals surface area contributed by atoms with E-state index in [4.69, 9.17) is 16.3 Å². The lowest BCUT2D eigenvalue weighted by Crippen LogP contribution is -2.22. The molecule has 4 rings (SSSR count). The van der Waals surface area contributed by atoms with E-state index < -0.39 is 5.56 Å². The van der Waals surface area contributed by atoms with Crippen molar-refractivity contribution in [2.45, 2.75) is 12.5 Å². The van der Waals surface area contributed by atoms with E-state index in [-0.39, 0.29) is 11.1 Å². The highest BCUT2D eigenvalue weighted by Crippen LogP contribution is 2.35. The number of nitrogens with one attached hydrogen (secondary N) is 2. The molecule has 0 fully saturated rings. The predicted molar refractivity (Wildman–Crippen MR) is 101 cm³/mol. The van der Waals surface area contributed by atoms with E-state index in [0.717, 1.165) is 22.6 Å². The zero-order valence-electron chi connectivity index (χ0n) is 13.6. The number of ether oxygens (including phenoxy) is 1. The summed E-state index contributed by atoms with van der Waals surface area (Å²) in [5.41, 5.74) is 5.53. The normalized spacial score (nSPS) is 17.4. The quantitative estimate of drug-likeness (QED) is 0.692. The molecule has 2 N–H and O–H groups in total. The van der Waals surface area contributed by atoms with Crippen molar-refractivity contribution in [2.24, 2.45) is 5.10 Å². The van der Waals surface area contributed by atoms with E-state index in [1.54, 1.807) is 0 Å². The van der Waals surface area contributed by atoms with Crippen LogP contribution in [-0.2, 0) is 0 Å². The van der Waals surface area contributed by atoms with E-state index in [0.29, 0.717) is 12.1 Å². The number of anilines is 1. The molecule has 1 aliphatic rings. The zero-order chi connectivity index (χ0) is 17.9. The van der Waals surface area contributed by atoms with Crippen molar-refractivity contribution in [1.82, 2.24) is 10.2 Å². The average Bonchev–Trinajstić information content (AvgIpc) is 2.69. The summed E-state index contributed by atoms with van der Waals surface area (Å²) in [6.45, 7) is 0. The number of halogens is 1. The van der Waals surface area contributed by atoms with E-state index in [1.807, 2.05) is 54.6 Å². The number of para-hydroxylation sites is 1. The minimum Gasteiger partial charge on any atom is -0.485 e. The molecule has 2 aromatic carbocycles. The van der Waals surface area contributed by atoms with Gasteiger partial charge in [0, 0.05) is 12.0 Å². The summed E-state index contributed by atoms with van der Waals surface area (Å²) < 4.78 is 6.14. The van der Waals surface area contributed by atoms with Gasteiger partial charge in [-0.25, -0.2) is 5.10 Å². The fraction of sp³-hybridized carbons (Fsp3) is 0.105. The maximum atomic E-state index is 11.6. The van der Waals surface area contributed by atoms with E-state index in [9.17, 15) is 4.79 Å². The monoisotopic (exact) mass is 366 g/mol. The first kappa shape index (κ1) is 16.4. The second-order valence-electron chi connectivity index (χ2n) is 5.81. The molecule has 0 radical (unpaired) electrons. The Balaban J connectivity index is 1.69. The molecule has 7 heteroatoms. The van der Waals surface area contributed by atoms with Crippen LogP contribution in [0.25, 0.3) is 0 Å². The van der Waals surface area contributed by atoms with Crippen molar-refractivity contribution in [3.8, 4) is 5.75 Å². The third-order valence-corrected chi connectivity index (χ3v) is 4.50. The SMILES string of the molecule is O=c1[nH]ncc(N/N=C2/C[C@@H](c3ccccc3)Oc3ccccc32)c1Cl. The minimum absolute atomic E-state index is 0.0179. The summed E-state index contributed by atoms with van der Waals surface area (Å²) in [6, 6.07) is 17.7. The molecule has 3 aromatic rings. The highest BCUT2D eigenvalue weighted by atomic mass is 35.5. The largest absolute Gasteiger partial charge is 0.485 e. The molecule has 0 amide bonds.